The predicted molar refractivity (Wildman–Crippen MR) is 108 cm³/mol. The van der Waals surface area contributed by atoms with Gasteiger partial charge in [-0.15, -0.1) is 0 Å². The average molecular weight is 451 g/mol. The number of benzene rings is 1. The Morgan fingerprint density at radius 3 is 2.25 bits per heavy atom. The first-order chi connectivity index (χ1) is 14.9. The Labute approximate surface area is 182 Å². The zero-order valence-corrected chi connectivity index (χ0v) is 17.5. The summed E-state index contributed by atoms with van der Waals surface area (Å²) in [5.74, 6) is -6.76. The lowest BCUT2D eigenvalue weighted by Crippen LogP contribution is -2.57. The maximum atomic E-state index is 12.7. The van der Waals surface area contributed by atoms with Gasteiger partial charge in [-0.05, 0) is 30.9 Å². The molecule has 0 radical (unpaired) electrons. The number of piperidine rings is 1. The van der Waals surface area contributed by atoms with Gasteiger partial charge in [-0.1, -0.05) is 13.8 Å². The highest BCUT2D eigenvalue weighted by Gasteiger charge is 2.37. The van der Waals surface area contributed by atoms with Crippen LogP contribution >= 0.6 is 0 Å². The molecule has 6 N–H and O–H groups in total. The Bertz CT molecular complexity index is 921. The van der Waals surface area contributed by atoms with E-state index < -0.39 is 65.5 Å². The Morgan fingerprint density at radius 2 is 1.72 bits per heavy atom. The lowest BCUT2D eigenvalue weighted by Gasteiger charge is -2.31. The molecule has 2 atom stereocenters. The van der Waals surface area contributed by atoms with E-state index in [1.165, 1.54) is 0 Å². The van der Waals surface area contributed by atoms with E-state index >= 15 is 0 Å². The first-order valence-corrected chi connectivity index (χ1v) is 9.82. The van der Waals surface area contributed by atoms with Gasteiger partial charge >= 0.3 is 5.97 Å². The second-order valence-corrected chi connectivity index (χ2v) is 7.83. The average Bonchev–Trinajstić information content (AvgIpc) is 2.70. The van der Waals surface area contributed by atoms with E-state index in [1.54, 1.807) is 13.8 Å². The third-order valence-corrected chi connectivity index (χ3v) is 4.79. The number of nitrogens with one attached hydrogen (secondary N) is 2. The summed E-state index contributed by atoms with van der Waals surface area (Å²) in [5.41, 5.74) is -0.246. The molecule has 1 aromatic carbocycles. The lowest BCUT2D eigenvalue weighted by atomic mass is 10.0. The van der Waals surface area contributed by atoms with E-state index in [0.717, 1.165) is 12.1 Å². The van der Waals surface area contributed by atoms with Crippen molar-refractivity contribution in [1.29, 1.82) is 0 Å². The number of phenols is 3. The number of likely N-dealkylation sites (tertiary alicyclic amines) is 1. The van der Waals surface area contributed by atoms with Crippen LogP contribution in [0.25, 0.3) is 0 Å². The van der Waals surface area contributed by atoms with Gasteiger partial charge < -0.3 is 31.1 Å². The van der Waals surface area contributed by atoms with Crippen molar-refractivity contribution in [3.8, 4) is 17.2 Å². The number of hydrogen-bond donors (Lipinski definition) is 6. The van der Waals surface area contributed by atoms with Gasteiger partial charge in [0.2, 0.25) is 11.8 Å². The van der Waals surface area contributed by atoms with Crippen molar-refractivity contribution >= 4 is 29.6 Å². The second kappa shape index (κ2) is 9.98. The van der Waals surface area contributed by atoms with Crippen molar-refractivity contribution in [2.45, 2.75) is 45.2 Å². The summed E-state index contributed by atoms with van der Waals surface area (Å²) in [4.78, 5) is 61.5. The molecule has 1 fully saturated rings. The molecule has 0 aliphatic carbocycles. The Kier molecular flexibility index (Phi) is 7.63. The molecule has 4 amide bonds. The number of imide groups is 1. The zero-order chi connectivity index (χ0) is 24.2. The molecule has 32 heavy (non-hydrogen) atoms. The van der Waals surface area contributed by atoms with Crippen LogP contribution in [-0.4, -0.2) is 73.6 Å². The molecule has 1 saturated heterocycles. The van der Waals surface area contributed by atoms with E-state index in [-0.39, 0.29) is 30.7 Å². The summed E-state index contributed by atoms with van der Waals surface area (Å²) in [6.45, 7) is 2.86. The lowest BCUT2D eigenvalue weighted by molar-refractivity contribution is -0.152. The first-order valence-electron chi connectivity index (χ1n) is 9.82. The quantitative estimate of drug-likeness (QED) is 0.227. The molecule has 0 aromatic heterocycles. The van der Waals surface area contributed by atoms with Gasteiger partial charge in [-0.25, -0.2) is 4.79 Å². The topological polar surface area (TPSA) is 194 Å². The van der Waals surface area contributed by atoms with E-state index in [0.29, 0.717) is 4.90 Å². The molecule has 1 heterocycles. The predicted octanol–water partition coefficient (Wildman–Crippen LogP) is -0.334. The van der Waals surface area contributed by atoms with Crippen molar-refractivity contribution in [3.05, 3.63) is 17.7 Å². The van der Waals surface area contributed by atoms with E-state index in [2.05, 4.69) is 10.6 Å². The Balaban J connectivity index is 2.07. The summed E-state index contributed by atoms with van der Waals surface area (Å²) < 4.78 is 0. The second-order valence-electron chi connectivity index (χ2n) is 7.83. The molecule has 0 saturated carbocycles. The maximum Gasteiger partial charge on any atom is 0.326 e. The fourth-order valence-electron chi connectivity index (χ4n) is 3.19. The number of nitrogens with zero attached hydrogens (tertiary/aromatic N) is 1. The van der Waals surface area contributed by atoms with E-state index in [1.807, 2.05) is 0 Å². The number of carbonyl (C=O) groups excluding carboxylic acids is 4. The molecule has 0 unspecified atom stereocenters. The van der Waals surface area contributed by atoms with Gasteiger partial charge in [-0.3, -0.25) is 24.1 Å². The van der Waals surface area contributed by atoms with Crippen molar-refractivity contribution in [3.63, 3.8) is 0 Å². The SMILES string of the molecule is CC(C)C[C@H](NC(=O)CN1C(=O)CC[C@H](NC(=O)c2cc(O)c(O)c(O)c2)C1=O)C(=O)O. The normalized spacial score (nSPS) is 17.2. The molecule has 12 nitrogen and oxygen atoms in total. The van der Waals surface area contributed by atoms with Crippen LogP contribution in [0.4, 0.5) is 0 Å². The Morgan fingerprint density at radius 1 is 1.12 bits per heavy atom. The number of carboxylic acids is 1. The van der Waals surface area contributed by atoms with Crippen molar-refractivity contribution < 1.29 is 44.4 Å². The van der Waals surface area contributed by atoms with E-state index in [4.69, 9.17) is 0 Å². The monoisotopic (exact) mass is 451 g/mol. The fourth-order valence-corrected chi connectivity index (χ4v) is 3.19. The molecule has 0 bridgehead atoms. The van der Waals surface area contributed by atoms with Crippen LogP contribution in [0.5, 0.6) is 17.2 Å². The fraction of sp³-hybridized carbons (Fsp3) is 0.450. The molecule has 1 aliphatic rings. The number of hydrogen-bond acceptors (Lipinski definition) is 8. The number of phenolic OH excluding ortho intramolecular Hbond substituents is 3. The number of aromatic hydroxyl groups is 3. The molecule has 174 valence electrons. The van der Waals surface area contributed by atoms with Gasteiger partial charge in [0.15, 0.2) is 17.2 Å². The third-order valence-electron chi connectivity index (χ3n) is 4.79. The minimum Gasteiger partial charge on any atom is -0.504 e. The highest BCUT2D eigenvalue weighted by atomic mass is 16.4. The van der Waals surface area contributed by atoms with E-state index in [9.17, 15) is 44.4 Å². The molecular weight excluding hydrogens is 426 g/mol. The van der Waals surface area contributed by atoms with Crippen LogP contribution in [-0.2, 0) is 19.2 Å². The summed E-state index contributed by atoms with van der Waals surface area (Å²) in [7, 11) is 0. The molecule has 12 heteroatoms. The van der Waals surface area contributed by atoms with Crippen molar-refractivity contribution in [1.82, 2.24) is 15.5 Å². The summed E-state index contributed by atoms with van der Waals surface area (Å²) in [5, 5.41) is 42.3. The van der Waals surface area contributed by atoms with Crippen molar-refractivity contribution in [2.24, 2.45) is 5.92 Å². The molecule has 0 spiro atoms. The van der Waals surface area contributed by atoms with Crippen LogP contribution < -0.4 is 10.6 Å². The number of rotatable bonds is 8. The van der Waals surface area contributed by atoms with Gasteiger partial charge in [0, 0.05) is 12.0 Å². The van der Waals surface area contributed by atoms with Gasteiger partial charge in [0.25, 0.3) is 11.8 Å². The number of carboxylic acid groups (broad SMARTS) is 1. The standard InChI is InChI=1S/C20H25N3O9/c1-9(2)5-12(20(31)32)21-15(26)8-23-16(27)4-3-11(19(23)30)22-18(29)10-6-13(24)17(28)14(25)7-10/h6-7,9,11-12,24-25,28H,3-5,8H2,1-2H3,(H,21,26)(H,22,29)(H,31,32)/t11-,12-/m0/s1. The third kappa shape index (κ3) is 5.86. The minimum atomic E-state index is -1.24. The van der Waals surface area contributed by atoms with Crippen LogP contribution in [0.3, 0.4) is 0 Å². The summed E-state index contributed by atoms with van der Waals surface area (Å²) in [6, 6.07) is -0.580. The Hall–Kier alpha value is -3.83. The zero-order valence-electron chi connectivity index (χ0n) is 17.5. The highest BCUT2D eigenvalue weighted by molar-refractivity contribution is 6.06. The van der Waals surface area contributed by atoms with Crippen LogP contribution in [0.15, 0.2) is 12.1 Å². The highest BCUT2D eigenvalue weighted by Crippen LogP contribution is 2.35. The van der Waals surface area contributed by atoms with Crippen molar-refractivity contribution in [2.75, 3.05) is 6.54 Å². The first kappa shape index (κ1) is 24.4. The smallest absolute Gasteiger partial charge is 0.326 e. The minimum absolute atomic E-state index is 0.0204. The molecule has 1 aliphatic heterocycles. The van der Waals surface area contributed by atoms with Crippen LogP contribution in [0, 0.1) is 5.92 Å². The van der Waals surface area contributed by atoms with Gasteiger partial charge in [0.05, 0.1) is 0 Å². The number of aliphatic carboxylic acids is 1. The van der Waals surface area contributed by atoms with Crippen LogP contribution in [0.2, 0.25) is 0 Å². The molecular formula is C20H25N3O9. The summed E-state index contributed by atoms with van der Waals surface area (Å²) in [6.07, 6.45) is -0.0267. The van der Waals surface area contributed by atoms with Gasteiger partial charge in [-0.2, -0.15) is 0 Å². The largest absolute Gasteiger partial charge is 0.504 e. The van der Waals surface area contributed by atoms with Gasteiger partial charge in [0.1, 0.15) is 18.6 Å². The maximum absolute atomic E-state index is 12.7. The number of amides is 4. The number of carbonyl (C=O) groups is 5. The summed E-state index contributed by atoms with van der Waals surface area (Å²) >= 11 is 0. The molecule has 1 aromatic rings. The van der Waals surface area contributed by atoms with Crippen LogP contribution in [0.1, 0.15) is 43.5 Å². The molecule has 2 rings (SSSR count).